The summed E-state index contributed by atoms with van der Waals surface area (Å²) in [6, 6.07) is -0.656. The molecule has 4 N–H and O–H groups in total. The van der Waals surface area contributed by atoms with Crippen molar-refractivity contribution in [2.24, 2.45) is 5.73 Å². The quantitative estimate of drug-likeness (QED) is 0.575. The molecule has 0 radical (unpaired) electrons. The maximum Gasteiger partial charge on any atom is 0.327 e. The lowest BCUT2D eigenvalue weighted by Crippen LogP contribution is -2.59. The van der Waals surface area contributed by atoms with Crippen molar-refractivity contribution in [2.45, 2.75) is 17.6 Å². The molecule has 2 heterocycles. The molecule has 0 saturated carbocycles. The number of rotatable bonds is 2. The van der Waals surface area contributed by atoms with Gasteiger partial charge in [-0.05, 0) is 0 Å². The highest BCUT2D eigenvalue weighted by atomic mass is 32.2. The number of carbonyl (C=O) groups excluding carboxylic acids is 1. The predicted molar refractivity (Wildman–Crippen MR) is 55.7 cm³/mol. The third-order valence-corrected chi connectivity index (χ3v) is 3.31. The molecule has 8 heteroatoms. The fourth-order valence-electron chi connectivity index (χ4n) is 1.44. The summed E-state index contributed by atoms with van der Waals surface area (Å²) in [5.41, 5.74) is 4.74. The van der Waals surface area contributed by atoms with Gasteiger partial charge in [0.05, 0.1) is 6.61 Å². The Morgan fingerprint density at radius 1 is 1.88 bits per heavy atom. The molecular formula is C8H12FN3O3S. The number of aliphatic hydroxyl groups excluding tert-OH is 1. The largest absolute Gasteiger partial charge is 0.393 e. The van der Waals surface area contributed by atoms with Crippen LogP contribution >= 0.6 is 11.8 Å². The molecule has 1 fully saturated rings. The molecule has 3 unspecified atom stereocenters. The maximum atomic E-state index is 13.2. The zero-order chi connectivity index (χ0) is 11.8. The smallest absolute Gasteiger partial charge is 0.327 e. The molecule has 1 saturated heterocycles. The van der Waals surface area contributed by atoms with E-state index in [1.807, 2.05) is 5.32 Å². The number of nitrogens with one attached hydrogen (secondary N) is 1. The highest BCUT2D eigenvalue weighted by Crippen LogP contribution is 2.28. The first-order chi connectivity index (χ1) is 7.52. The molecule has 0 aliphatic carbocycles. The molecule has 0 bridgehead atoms. The Labute approximate surface area is 95.6 Å². The maximum absolute atomic E-state index is 13.2. The first-order valence-electron chi connectivity index (χ1n) is 4.67. The van der Waals surface area contributed by atoms with Gasteiger partial charge in [-0.2, -0.15) is 4.39 Å². The molecule has 2 aliphatic rings. The van der Waals surface area contributed by atoms with Crippen LogP contribution in [0.3, 0.4) is 0 Å². The van der Waals surface area contributed by atoms with Gasteiger partial charge in [-0.1, -0.05) is 0 Å². The standard InChI is InChI=1S/C8H12FN3O3S/c9-8(10)1-2-12(7(14)11-8)5-4-16-6(3-13)15-5/h1-2,5-6,13H,3-4,10H2,(H,11,14). The number of nitrogens with zero attached hydrogens (tertiary/aromatic N) is 1. The van der Waals surface area contributed by atoms with Gasteiger partial charge in [0.25, 0.3) is 5.92 Å². The van der Waals surface area contributed by atoms with E-state index in [0.29, 0.717) is 5.75 Å². The van der Waals surface area contributed by atoms with Crippen molar-refractivity contribution in [1.82, 2.24) is 10.2 Å². The van der Waals surface area contributed by atoms with Crippen LogP contribution in [-0.2, 0) is 4.74 Å². The first kappa shape index (κ1) is 11.6. The number of thioether (sulfide) groups is 1. The Kier molecular flexibility index (Phi) is 3.06. The molecule has 90 valence electrons. The van der Waals surface area contributed by atoms with E-state index in [2.05, 4.69) is 0 Å². The number of aliphatic hydroxyl groups is 1. The van der Waals surface area contributed by atoms with Crippen LogP contribution in [0.2, 0.25) is 0 Å². The van der Waals surface area contributed by atoms with Crippen LogP contribution in [0, 0.1) is 0 Å². The summed E-state index contributed by atoms with van der Waals surface area (Å²) < 4.78 is 18.5. The fourth-order valence-corrected chi connectivity index (χ4v) is 2.37. The van der Waals surface area contributed by atoms with E-state index in [9.17, 15) is 9.18 Å². The Bertz CT molecular complexity index is 326. The summed E-state index contributed by atoms with van der Waals surface area (Å²) >= 11 is 1.39. The predicted octanol–water partition coefficient (Wildman–Crippen LogP) is -0.485. The van der Waals surface area contributed by atoms with Crippen molar-refractivity contribution in [2.75, 3.05) is 12.4 Å². The van der Waals surface area contributed by atoms with Gasteiger partial charge in [0.15, 0.2) is 0 Å². The van der Waals surface area contributed by atoms with Crippen molar-refractivity contribution in [3.8, 4) is 0 Å². The minimum atomic E-state index is -2.31. The number of carbonyl (C=O) groups is 1. The molecule has 0 spiro atoms. The first-order valence-corrected chi connectivity index (χ1v) is 5.72. The number of ether oxygens (including phenoxy) is 1. The highest BCUT2D eigenvalue weighted by molar-refractivity contribution is 8.00. The zero-order valence-electron chi connectivity index (χ0n) is 8.30. The van der Waals surface area contributed by atoms with Crippen LogP contribution in [0.25, 0.3) is 0 Å². The minimum Gasteiger partial charge on any atom is -0.393 e. The third-order valence-electron chi connectivity index (χ3n) is 2.20. The number of halogens is 1. The van der Waals surface area contributed by atoms with Gasteiger partial charge >= 0.3 is 6.03 Å². The van der Waals surface area contributed by atoms with Crippen LogP contribution in [0.15, 0.2) is 12.3 Å². The second-order valence-corrected chi connectivity index (χ2v) is 4.65. The number of hydrogen-bond acceptors (Lipinski definition) is 5. The molecule has 0 aromatic heterocycles. The van der Waals surface area contributed by atoms with Gasteiger partial charge in [-0.15, -0.1) is 11.8 Å². The summed E-state index contributed by atoms with van der Waals surface area (Å²) in [6.45, 7) is -0.121. The van der Waals surface area contributed by atoms with Crippen molar-refractivity contribution in [3.63, 3.8) is 0 Å². The molecule has 0 aromatic carbocycles. The Morgan fingerprint density at radius 2 is 2.62 bits per heavy atom. The van der Waals surface area contributed by atoms with E-state index in [-0.39, 0.29) is 12.0 Å². The number of nitrogens with two attached hydrogens (primary N) is 1. The van der Waals surface area contributed by atoms with Gasteiger partial charge in [-0.25, -0.2) is 4.79 Å². The van der Waals surface area contributed by atoms with Gasteiger partial charge in [0.2, 0.25) is 0 Å². The highest BCUT2D eigenvalue weighted by Gasteiger charge is 2.37. The SMILES string of the molecule is NC1(F)C=CN(C2CSC(CO)O2)C(=O)N1. The second-order valence-electron chi connectivity index (χ2n) is 3.46. The Hall–Kier alpha value is -0.830. The Morgan fingerprint density at radius 3 is 3.19 bits per heavy atom. The lowest BCUT2D eigenvalue weighted by Gasteiger charge is -2.32. The molecule has 6 nitrogen and oxygen atoms in total. The number of hydrogen-bond donors (Lipinski definition) is 3. The Balaban J connectivity index is 2.04. The molecule has 2 aliphatic heterocycles. The van der Waals surface area contributed by atoms with Crippen LogP contribution < -0.4 is 11.1 Å². The van der Waals surface area contributed by atoms with E-state index in [1.54, 1.807) is 0 Å². The summed E-state index contributed by atoms with van der Waals surface area (Å²) in [5.74, 6) is -1.79. The molecule has 0 aromatic rings. The van der Waals surface area contributed by atoms with Crippen molar-refractivity contribution < 1.29 is 19.0 Å². The van der Waals surface area contributed by atoms with Gasteiger partial charge in [-0.3, -0.25) is 16.0 Å². The summed E-state index contributed by atoms with van der Waals surface area (Å²) in [4.78, 5) is 12.7. The third kappa shape index (κ3) is 2.29. The van der Waals surface area contributed by atoms with E-state index >= 15 is 0 Å². The van der Waals surface area contributed by atoms with E-state index < -0.39 is 18.2 Å². The monoisotopic (exact) mass is 249 g/mol. The van der Waals surface area contributed by atoms with Crippen LogP contribution in [0.5, 0.6) is 0 Å². The fraction of sp³-hybridized carbons (Fsp3) is 0.625. The normalized spacial score (nSPS) is 38.9. The minimum absolute atomic E-state index is 0.121. The number of urea groups is 1. The average molecular weight is 249 g/mol. The molecule has 16 heavy (non-hydrogen) atoms. The van der Waals surface area contributed by atoms with Gasteiger partial charge in [0, 0.05) is 18.0 Å². The lowest BCUT2D eigenvalue weighted by molar-refractivity contribution is -0.0257. The van der Waals surface area contributed by atoms with Crippen LogP contribution in [-0.4, -0.2) is 46.0 Å². The lowest BCUT2D eigenvalue weighted by atomic mass is 10.3. The second kappa shape index (κ2) is 4.21. The van der Waals surface area contributed by atoms with Gasteiger partial charge in [0.1, 0.15) is 11.7 Å². The van der Waals surface area contributed by atoms with Crippen molar-refractivity contribution in [3.05, 3.63) is 12.3 Å². The van der Waals surface area contributed by atoms with Crippen LogP contribution in [0.4, 0.5) is 9.18 Å². The summed E-state index contributed by atoms with van der Waals surface area (Å²) in [7, 11) is 0. The molecule has 2 amide bonds. The number of alkyl halides is 1. The molecular weight excluding hydrogens is 237 g/mol. The zero-order valence-corrected chi connectivity index (χ0v) is 9.11. The van der Waals surface area contributed by atoms with Crippen LogP contribution in [0.1, 0.15) is 0 Å². The molecule has 2 rings (SSSR count). The van der Waals surface area contributed by atoms with E-state index in [4.69, 9.17) is 15.6 Å². The number of amides is 2. The topological polar surface area (TPSA) is 87.8 Å². The van der Waals surface area contributed by atoms with Crippen molar-refractivity contribution >= 4 is 17.8 Å². The summed E-state index contributed by atoms with van der Waals surface area (Å²) in [5, 5.41) is 10.8. The van der Waals surface area contributed by atoms with Gasteiger partial charge < -0.3 is 9.84 Å². The van der Waals surface area contributed by atoms with E-state index in [1.165, 1.54) is 22.9 Å². The van der Waals surface area contributed by atoms with Crippen molar-refractivity contribution in [1.29, 1.82) is 0 Å². The van der Waals surface area contributed by atoms with E-state index in [0.717, 1.165) is 6.08 Å². The molecule has 3 atom stereocenters. The average Bonchev–Trinajstić information content (AvgIpc) is 2.64. The summed E-state index contributed by atoms with van der Waals surface area (Å²) in [6.07, 6.45) is 1.79.